The number of amides is 1. The summed E-state index contributed by atoms with van der Waals surface area (Å²) < 4.78 is 5.69. The molecule has 4 heteroatoms. The third-order valence-electron chi connectivity index (χ3n) is 4.39. The Morgan fingerprint density at radius 1 is 1.30 bits per heavy atom. The highest BCUT2D eigenvalue weighted by Gasteiger charge is 2.29. The van der Waals surface area contributed by atoms with E-state index in [9.17, 15) is 9.90 Å². The van der Waals surface area contributed by atoms with Crippen LogP contribution in [0.25, 0.3) is 10.8 Å². The van der Waals surface area contributed by atoms with Crippen molar-refractivity contribution in [1.82, 2.24) is 4.90 Å². The lowest BCUT2D eigenvalue weighted by molar-refractivity contribution is -0.134. The minimum Gasteiger partial charge on any atom is -0.484 e. The predicted molar refractivity (Wildman–Crippen MR) is 90.5 cm³/mol. The van der Waals surface area contributed by atoms with Gasteiger partial charge in [0.1, 0.15) is 5.75 Å². The van der Waals surface area contributed by atoms with E-state index in [4.69, 9.17) is 4.74 Å². The average molecular weight is 313 g/mol. The summed E-state index contributed by atoms with van der Waals surface area (Å²) in [5.41, 5.74) is 0. The van der Waals surface area contributed by atoms with Crippen molar-refractivity contribution in [2.75, 3.05) is 13.2 Å². The molecule has 1 saturated heterocycles. The zero-order valence-electron chi connectivity index (χ0n) is 13.4. The van der Waals surface area contributed by atoms with Gasteiger partial charge in [-0.05, 0) is 49.1 Å². The zero-order valence-corrected chi connectivity index (χ0v) is 13.4. The van der Waals surface area contributed by atoms with E-state index in [0.29, 0.717) is 12.2 Å². The van der Waals surface area contributed by atoms with E-state index < -0.39 is 0 Å². The van der Waals surface area contributed by atoms with Gasteiger partial charge < -0.3 is 14.7 Å². The fraction of sp³-hybridized carbons (Fsp3) is 0.421. The van der Waals surface area contributed by atoms with Crippen LogP contribution in [0, 0.1) is 0 Å². The van der Waals surface area contributed by atoms with Gasteiger partial charge in [-0.2, -0.15) is 0 Å². The minimum atomic E-state index is -0.380. The molecule has 0 radical (unpaired) electrons. The standard InChI is InChI=1S/C19H23NO3/c1-14(21)11-17-7-4-10-20(17)19(22)13-23-18-9-8-15-5-2-3-6-16(15)12-18/h2-3,5-6,8-9,12,14,17,21H,4,7,10-11,13H2,1H3. The van der Waals surface area contributed by atoms with E-state index in [1.165, 1.54) is 0 Å². The molecule has 1 heterocycles. The van der Waals surface area contributed by atoms with E-state index in [1.54, 1.807) is 6.92 Å². The highest BCUT2D eigenvalue weighted by Crippen LogP contribution is 2.23. The summed E-state index contributed by atoms with van der Waals surface area (Å²) >= 11 is 0. The molecule has 1 aliphatic rings. The van der Waals surface area contributed by atoms with E-state index >= 15 is 0 Å². The first-order chi connectivity index (χ1) is 11.1. The summed E-state index contributed by atoms with van der Waals surface area (Å²) in [4.78, 5) is 14.2. The van der Waals surface area contributed by atoms with Gasteiger partial charge in [0.05, 0.1) is 6.10 Å². The number of carbonyl (C=O) groups is 1. The molecule has 122 valence electrons. The number of ether oxygens (including phenoxy) is 1. The van der Waals surface area contributed by atoms with Gasteiger partial charge in [-0.3, -0.25) is 4.79 Å². The second-order valence-electron chi connectivity index (χ2n) is 6.27. The van der Waals surface area contributed by atoms with Crippen molar-refractivity contribution in [3.63, 3.8) is 0 Å². The Kier molecular flexibility index (Phi) is 4.82. The molecule has 2 unspecified atom stereocenters. The Labute approximate surface area is 136 Å². The van der Waals surface area contributed by atoms with E-state index in [2.05, 4.69) is 6.07 Å². The van der Waals surface area contributed by atoms with Crippen molar-refractivity contribution >= 4 is 16.7 Å². The molecule has 0 aromatic heterocycles. The van der Waals surface area contributed by atoms with Crippen LogP contribution in [0.3, 0.4) is 0 Å². The highest BCUT2D eigenvalue weighted by molar-refractivity contribution is 5.84. The number of aliphatic hydroxyl groups excluding tert-OH is 1. The van der Waals surface area contributed by atoms with Gasteiger partial charge in [-0.1, -0.05) is 30.3 Å². The highest BCUT2D eigenvalue weighted by atomic mass is 16.5. The maximum absolute atomic E-state index is 12.4. The van der Waals surface area contributed by atoms with Crippen LogP contribution in [0.2, 0.25) is 0 Å². The third-order valence-corrected chi connectivity index (χ3v) is 4.39. The first-order valence-electron chi connectivity index (χ1n) is 8.22. The van der Waals surface area contributed by atoms with Crippen LogP contribution in [0.4, 0.5) is 0 Å². The van der Waals surface area contributed by atoms with Crippen molar-refractivity contribution in [3.05, 3.63) is 42.5 Å². The summed E-state index contributed by atoms with van der Waals surface area (Å²) in [6.07, 6.45) is 2.22. The number of carbonyl (C=O) groups excluding carboxylic acids is 1. The van der Waals surface area contributed by atoms with Crippen molar-refractivity contribution < 1.29 is 14.6 Å². The molecule has 2 aromatic rings. The first kappa shape index (κ1) is 15.8. The number of rotatable bonds is 5. The summed E-state index contributed by atoms with van der Waals surface area (Å²) in [6, 6.07) is 14.1. The third kappa shape index (κ3) is 3.82. The molecular weight excluding hydrogens is 290 g/mol. The Hall–Kier alpha value is -2.07. The second kappa shape index (κ2) is 7.01. The lowest BCUT2D eigenvalue weighted by Crippen LogP contribution is -2.39. The molecule has 0 spiro atoms. The SMILES string of the molecule is CC(O)CC1CCCN1C(=O)COc1ccc2ccccc2c1. The van der Waals surface area contributed by atoms with Crippen molar-refractivity contribution in [1.29, 1.82) is 0 Å². The zero-order chi connectivity index (χ0) is 16.2. The molecular formula is C19H23NO3. The van der Waals surface area contributed by atoms with Crippen LogP contribution in [0.1, 0.15) is 26.2 Å². The van der Waals surface area contributed by atoms with E-state index in [-0.39, 0.29) is 24.7 Å². The molecule has 0 aliphatic carbocycles. The lowest BCUT2D eigenvalue weighted by atomic mass is 10.1. The molecule has 2 atom stereocenters. The van der Waals surface area contributed by atoms with Crippen molar-refractivity contribution in [2.45, 2.75) is 38.3 Å². The Balaban J connectivity index is 1.61. The largest absolute Gasteiger partial charge is 0.484 e. The smallest absolute Gasteiger partial charge is 0.260 e. The predicted octanol–water partition coefficient (Wildman–Crippen LogP) is 2.98. The first-order valence-corrected chi connectivity index (χ1v) is 8.22. The fourth-order valence-corrected chi connectivity index (χ4v) is 3.29. The number of likely N-dealkylation sites (tertiary alicyclic amines) is 1. The van der Waals surface area contributed by atoms with Gasteiger partial charge in [-0.15, -0.1) is 0 Å². The summed E-state index contributed by atoms with van der Waals surface area (Å²) in [6.45, 7) is 2.58. The van der Waals surface area contributed by atoms with Gasteiger partial charge in [0.25, 0.3) is 5.91 Å². The molecule has 1 N–H and O–H groups in total. The minimum absolute atomic E-state index is 0.00121. The van der Waals surface area contributed by atoms with Crippen LogP contribution in [-0.4, -0.2) is 41.2 Å². The van der Waals surface area contributed by atoms with E-state index in [0.717, 1.165) is 30.2 Å². The molecule has 23 heavy (non-hydrogen) atoms. The molecule has 3 rings (SSSR count). The maximum atomic E-state index is 12.4. The van der Waals surface area contributed by atoms with Gasteiger partial charge in [0, 0.05) is 12.6 Å². The van der Waals surface area contributed by atoms with Gasteiger partial charge in [0.2, 0.25) is 0 Å². The topological polar surface area (TPSA) is 49.8 Å². The number of hydrogen-bond acceptors (Lipinski definition) is 3. The Morgan fingerprint density at radius 2 is 2.09 bits per heavy atom. The van der Waals surface area contributed by atoms with Crippen LogP contribution < -0.4 is 4.74 Å². The quantitative estimate of drug-likeness (QED) is 0.923. The maximum Gasteiger partial charge on any atom is 0.260 e. The van der Waals surface area contributed by atoms with Gasteiger partial charge in [0.15, 0.2) is 6.61 Å². The molecule has 2 aromatic carbocycles. The molecule has 1 amide bonds. The average Bonchev–Trinajstić information content (AvgIpc) is 3.00. The normalized spacial score (nSPS) is 19.0. The molecule has 1 aliphatic heterocycles. The Bertz CT molecular complexity index is 683. The van der Waals surface area contributed by atoms with Crippen LogP contribution >= 0.6 is 0 Å². The monoisotopic (exact) mass is 313 g/mol. The molecule has 1 fully saturated rings. The number of aliphatic hydroxyl groups is 1. The van der Waals surface area contributed by atoms with E-state index in [1.807, 2.05) is 41.3 Å². The second-order valence-corrected chi connectivity index (χ2v) is 6.27. The Morgan fingerprint density at radius 3 is 2.87 bits per heavy atom. The number of nitrogens with zero attached hydrogens (tertiary/aromatic N) is 1. The van der Waals surface area contributed by atoms with Crippen LogP contribution in [-0.2, 0) is 4.79 Å². The number of hydrogen-bond donors (Lipinski definition) is 1. The summed E-state index contributed by atoms with van der Waals surface area (Å²) in [7, 11) is 0. The van der Waals surface area contributed by atoms with Gasteiger partial charge >= 0.3 is 0 Å². The summed E-state index contributed by atoms with van der Waals surface area (Å²) in [5.74, 6) is 0.713. The number of fused-ring (bicyclic) bond motifs is 1. The molecule has 0 saturated carbocycles. The number of benzene rings is 2. The molecule has 0 bridgehead atoms. The fourth-order valence-electron chi connectivity index (χ4n) is 3.29. The van der Waals surface area contributed by atoms with Gasteiger partial charge in [-0.25, -0.2) is 0 Å². The summed E-state index contributed by atoms with van der Waals surface area (Å²) in [5, 5.41) is 11.8. The molecule has 4 nitrogen and oxygen atoms in total. The van der Waals surface area contributed by atoms with Crippen molar-refractivity contribution in [3.8, 4) is 5.75 Å². The van der Waals surface area contributed by atoms with Crippen molar-refractivity contribution in [2.24, 2.45) is 0 Å². The van der Waals surface area contributed by atoms with Crippen LogP contribution in [0.5, 0.6) is 5.75 Å². The lowest BCUT2D eigenvalue weighted by Gasteiger charge is -2.25. The van der Waals surface area contributed by atoms with Crippen LogP contribution in [0.15, 0.2) is 42.5 Å².